The summed E-state index contributed by atoms with van der Waals surface area (Å²) in [5.74, 6) is 0.786. The van der Waals surface area contributed by atoms with Gasteiger partial charge in [-0.1, -0.05) is 6.07 Å². The van der Waals surface area contributed by atoms with Gasteiger partial charge in [0.15, 0.2) is 9.84 Å². The molecule has 2 aromatic heterocycles. The lowest BCUT2D eigenvalue weighted by Gasteiger charge is -2.32. The molecule has 1 aliphatic heterocycles. The van der Waals surface area contributed by atoms with Gasteiger partial charge in [0.2, 0.25) is 0 Å². The number of pyridine rings is 1. The largest absolute Gasteiger partial charge is 0.457 e. The maximum absolute atomic E-state index is 13.1. The van der Waals surface area contributed by atoms with Gasteiger partial charge in [0.1, 0.15) is 17.0 Å². The van der Waals surface area contributed by atoms with Gasteiger partial charge in [-0.05, 0) is 49.5 Å². The van der Waals surface area contributed by atoms with Crippen LogP contribution in [0.15, 0.2) is 70.6 Å². The van der Waals surface area contributed by atoms with E-state index in [-0.39, 0.29) is 16.4 Å². The summed E-state index contributed by atoms with van der Waals surface area (Å²) in [6.45, 7) is 2.98. The van der Waals surface area contributed by atoms with E-state index in [0.29, 0.717) is 52.2 Å². The number of likely N-dealkylation sites (N-methyl/N-ethyl adjacent to an activating group) is 1. The van der Waals surface area contributed by atoms with Crippen molar-refractivity contribution in [2.24, 2.45) is 7.05 Å². The molecule has 1 fully saturated rings. The molecule has 0 radical (unpaired) electrons. The third kappa shape index (κ3) is 4.90. The van der Waals surface area contributed by atoms with E-state index >= 15 is 0 Å². The van der Waals surface area contributed by atoms with E-state index in [1.165, 1.54) is 6.07 Å². The SMILES string of the molecule is CN1CCN(C(=O)c2cccc(Oc3ccc(S(C)(=O)=O)cc3-c3c[nH]c(=O)c4c3ccn4C)c2)CC1. The summed E-state index contributed by atoms with van der Waals surface area (Å²) in [6, 6.07) is 13.4. The number of aromatic amines is 1. The van der Waals surface area contributed by atoms with Crippen molar-refractivity contribution in [1.82, 2.24) is 19.4 Å². The van der Waals surface area contributed by atoms with Gasteiger partial charge < -0.3 is 24.1 Å². The predicted octanol–water partition coefficient (Wildman–Crippen LogP) is 3.12. The van der Waals surface area contributed by atoms with Crippen LogP contribution in [0, 0.1) is 0 Å². The first kappa shape index (κ1) is 24.8. The number of nitrogens with zero attached hydrogens (tertiary/aromatic N) is 3. The minimum absolute atomic E-state index is 0.0576. The van der Waals surface area contributed by atoms with Crippen LogP contribution in [0.1, 0.15) is 10.4 Å². The summed E-state index contributed by atoms with van der Waals surface area (Å²) in [6.07, 6.45) is 4.48. The minimum atomic E-state index is -3.50. The first-order valence-electron chi connectivity index (χ1n) is 11.9. The van der Waals surface area contributed by atoms with Gasteiger partial charge in [0.25, 0.3) is 11.5 Å². The Morgan fingerprint density at radius 2 is 1.73 bits per heavy atom. The van der Waals surface area contributed by atoms with Gasteiger partial charge in [-0.3, -0.25) is 9.59 Å². The number of nitrogens with one attached hydrogen (secondary N) is 1. The van der Waals surface area contributed by atoms with Crippen LogP contribution < -0.4 is 10.3 Å². The van der Waals surface area contributed by atoms with Crippen molar-refractivity contribution in [2.45, 2.75) is 4.90 Å². The summed E-state index contributed by atoms with van der Waals surface area (Å²) >= 11 is 0. The third-order valence-corrected chi connectivity index (χ3v) is 7.80. The number of carbonyl (C=O) groups excluding carboxylic acids is 1. The maximum atomic E-state index is 13.1. The fourth-order valence-corrected chi connectivity index (χ4v) is 5.23. The van der Waals surface area contributed by atoms with Crippen LogP contribution in [0.2, 0.25) is 0 Å². The number of rotatable bonds is 5. The number of H-pyrrole nitrogens is 1. The zero-order valence-corrected chi connectivity index (χ0v) is 21.7. The third-order valence-electron chi connectivity index (χ3n) is 6.69. The minimum Gasteiger partial charge on any atom is -0.457 e. The Kier molecular flexibility index (Phi) is 6.38. The number of ether oxygens (including phenoxy) is 1. The highest BCUT2D eigenvalue weighted by atomic mass is 32.2. The Balaban J connectivity index is 1.56. The van der Waals surface area contributed by atoms with Gasteiger partial charge in [-0.2, -0.15) is 0 Å². The quantitative estimate of drug-likeness (QED) is 0.434. The molecule has 0 bridgehead atoms. The first-order chi connectivity index (χ1) is 17.6. The number of aromatic nitrogens is 2. The molecule has 37 heavy (non-hydrogen) atoms. The van der Waals surface area contributed by atoms with Crippen LogP contribution in [0.3, 0.4) is 0 Å². The average molecular weight is 521 g/mol. The number of hydrogen-bond acceptors (Lipinski definition) is 6. The van der Waals surface area contributed by atoms with E-state index in [1.54, 1.807) is 60.4 Å². The predicted molar refractivity (Wildman–Crippen MR) is 142 cm³/mol. The highest BCUT2D eigenvalue weighted by molar-refractivity contribution is 7.90. The molecule has 0 atom stereocenters. The lowest BCUT2D eigenvalue weighted by molar-refractivity contribution is 0.0664. The Bertz CT molecular complexity index is 1660. The van der Waals surface area contributed by atoms with Gasteiger partial charge in [0.05, 0.1) is 4.90 Å². The fraction of sp³-hybridized carbons (Fsp3) is 0.259. The fourth-order valence-electron chi connectivity index (χ4n) is 4.59. The van der Waals surface area contributed by atoms with E-state index < -0.39 is 9.84 Å². The molecule has 5 rings (SSSR count). The maximum Gasteiger partial charge on any atom is 0.272 e. The lowest BCUT2D eigenvalue weighted by Crippen LogP contribution is -2.47. The van der Waals surface area contributed by atoms with E-state index in [0.717, 1.165) is 19.3 Å². The van der Waals surface area contributed by atoms with Gasteiger partial charge in [-0.15, -0.1) is 0 Å². The number of hydrogen-bond donors (Lipinski definition) is 1. The van der Waals surface area contributed by atoms with Crippen LogP contribution >= 0.6 is 0 Å². The summed E-state index contributed by atoms with van der Waals surface area (Å²) in [5, 5.41) is 0.667. The molecule has 0 unspecified atom stereocenters. The first-order valence-corrected chi connectivity index (χ1v) is 13.8. The topological polar surface area (TPSA) is 105 Å². The molecular formula is C27H28N4O5S. The monoisotopic (exact) mass is 520 g/mol. The average Bonchev–Trinajstić information content (AvgIpc) is 3.27. The molecule has 1 N–H and O–H groups in total. The smallest absolute Gasteiger partial charge is 0.272 e. The van der Waals surface area contributed by atoms with Crippen LogP contribution in [0.5, 0.6) is 11.5 Å². The molecule has 1 aliphatic rings. The second-order valence-corrected chi connectivity index (χ2v) is 11.4. The van der Waals surface area contributed by atoms with E-state index in [4.69, 9.17) is 4.74 Å². The number of sulfone groups is 1. The van der Waals surface area contributed by atoms with Crippen LogP contribution in [-0.4, -0.2) is 73.2 Å². The Morgan fingerprint density at radius 3 is 2.46 bits per heavy atom. The van der Waals surface area contributed by atoms with Gasteiger partial charge >= 0.3 is 0 Å². The highest BCUT2D eigenvalue weighted by Gasteiger charge is 2.22. The van der Waals surface area contributed by atoms with Crippen LogP contribution in [0.25, 0.3) is 22.0 Å². The molecule has 10 heteroatoms. The van der Waals surface area contributed by atoms with Gasteiger partial charge in [-0.25, -0.2) is 8.42 Å². The molecule has 4 aromatic rings. The van der Waals surface area contributed by atoms with E-state index in [9.17, 15) is 18.0 Å². The van der Waals surface area contributed by atoms with E-state index in [1.807, 2.05) is 18.0 Å². The Hall–Kier alpha value is -3.89. The van der Waals surface area contributed by atoms with Crippen molar-refractivity contribution in [2.75, 3.05) is 39.5 Å². The Labute approximate surface area is 214 Å². The van der Waals surface area contributed by atoms with Crippen molar-refractivity contribution >= 4 is 26.6 Å². The number of fused-ring (bicyclic) bond motifs is 1. The second kappa shape index (κ2) is 9.53. The lowest BCUT2D eigenvalue weighted by atomic mass is 10.0. The molecule has 0 aliphatic carbocycles. The molecule has 9 nitrogen and oxygen atoms in total. The summed E-state index contributed by atoms with van der Waals surface area (Å²) in [5.41, 5.74) is 1.87. The van der Waals surface area contributed by atoms with Crippen molar-refractivity contribution in [3.63, 3.8) is 0 Å². The number of carbonyl (C=O) groups is 1. The second-order valence-electron chi connectivity index (χ2n) is 9.38. The standard InChI is InChI=1S/C27H28N4O5S/c1-29-11-13-31(14-12-29)27(33)18-5-4-6-19(15-18)36-24-8-7-20(37(3,34)35)16-22(24)23-17-28-26(32)25-21(23)9-10-30(25)2/h4-10,15-17H,11-14H2,1-3H3,(H,28,32). The van der Waals surface area contributed by atoms with Crippen LogP contribution in [0.4, 0.5) is 0 Å². The zero-order valence-electron chi connectivity index (χ0n) is 20.9. The molecule has 3 heterocycles. The van der Waals surface area contributed by atoms with Crippen molar-refractivity contribution in [3.05, 3.63) is 76.8 Å². The number of benzene rings is 2. The van der Waals surface area contributed by atoms with Crippen LogP contribution in [-0.2, 0) is 16.9 Å². The number of aryl methyl sites for hydroxylation is 1. The molecule has 0 spiro atoms. The normalized spacial score (nSPS) is 14.7. The molecule has 1 saturated heterocycles. The zero-order chi connectivity index (χ0) is 26.3. The van der Waals surface area contributed by atoms with Crippen molar-refractivity contribution in [1.29, 1.82) is 0 Å². The van der Waals surface area contributed by atoms with Crippen molar-refractivity contribution in [3.8, 4) is 22.6 Å². The molecule has 2 aromatic carbocycles. The molecule has 192 valence electrons. The number of piperazine rings is 1. The Morgan fingerprint density at radius 1 is 0.973 bits per heavy atom. The molecule has 0 saturated carbocycles. The van der Waals surface area contributed by atoms with E-state index in [2.05, 4.69) is 9.88 Å². The highest BCUT2D eigenvalue weighted by Crippen LogP contribution is 2.38. The van der Waals surface area contributed by atoms with Gasteiger partial charge in [0, 0.05) is 74.0 Å². The van der Waals surface area contributed by atoms with Crippen molar-refractivity contribution < 1.29 is 17.9 Å². The summed E-state index contributed by atoms with van der Waals surface area (Å²) in [7, 11) is 0.309. The summed E-state index contributed by atoms with van der Waals surface area (Å²) < 4.78 is 32.7. The number of amides is 1. The summed E-state index contributed by atoms with van der Waals surface area (Å²) in [4.78, 5) is 32.4. The molecule has 1 amide bonds. The molecular weight excluding hydrogens is 492 g/mol.